The Morgan fingerprint density at radius 3 is 2.67 bits per heavy atom. The third kappa shape index (κ3) is 7.90. The van der Waals surface area contributed by atoms with Gasteiger partial charge in [0, 0.05) is 38.6 Å². The Labute approximate surface area is 225 Å². The predicted octanol–water partition coefficient (Wildman–Crippen LogP) is 1.15. The number of nitrogens with zero attached hydrogens (tertiary/aromatic N) is 1. The lowest BCUT2D eigenvalue weighted by molar-refractivity contribution is -0.139. The van der Waals surface area contributed by atoms with Gasteiger partial charge in [-0.1, -0.05) is 6.08 Å². The van der Waals surface area contributed by atoms with Crippen LogP contribution < -0.4 is 14.8 Å². The Morgan fingerprint density at radius 2 is 2.06 bits per heavy atom. The van der Waals surface area contributed by atoms with Gasteiger partial charge in [0.15, 0.2) is 11.5 Å². The molecule has 0 aliphatic heterocycles. The van der Waals surface area contributed by atoms with Crippen molar-refractivity contribution >= 4 is 34.4 Å². The minimum Gasteiger partial charge on any atom is -0.493 e. The molecule has 0 radical (unpaired) electrons. The van der Waals surface area contributed by atoms with Gasteiger partial charge in [-0.25, -0.2) is 0 Å². The minimum absolute atomic E-state index is 0.0644. The molecule has 36 heavy (non-hydrogen) atoms. The summed E-state index contributed by atoms with van der Waals surface area (Å²) in [5, 5.41) is 32.6. The van der Waals surface area contributed by atoms with Gasteiger partial charge < -0.3 is 39.7 Å². The molecular formula is C25H35IN2O8. The molecule has 0 saturated heterocycles. The second kappa shape index (κ2) is 15.2. The lowest BCUT2D eigenvalue weighted by Gasteiger charge is -2.40. The van der Waals surface area contributed by atoms with E-state index in [1.807, 2.05) is 22.6 Å². The van der Waals surface area contributed by atoms with E-state index in [1.165, 1.54) is 25.2 Å². The van der Waals surface area contributed by atoms with Crippen molar-refractivity contribution in [1.82, 2.24) is 10.2 Å². The highest BCUT2D eigenvalue weighted by Crippen LogP contribution is 2.37. The fraction of sp³-hybridized carbons (Fsp3) is 0.520. The van der Waals surface area contributed by atoms with E-state index in [0.717, 1.165) is 0 Å². The number of ether oxygens (including phenoxy) is 3. The number of amides is 2. The third-order valence-electron chi connectivity index (χ3n) is 5.76. The van der Waals surface area contributed by atoms with Gasteiger partial charge in [0.1, 0.15) is 12.2 Å². The van der Waals surface area contributed by atoms with Crippen LogP contribution in [-0.4, -0.2) is 90.8 Å². The number of hydrogen-bond acceptors (Lipinski definition) is 8. The van der Waals surface area contributed by atoms with Crippen LogP contribution in [0.5, 0.6) is 11.5 Å². The molecule has 1 aliphatic rings. The first kappa shape index (κ1) is 30.0. The van der Waals surface area contributed by atoms with Crippen molar-refractivity contribution < 1.29 is 39.1 Å². The van der Waals surface area contributed by atoms with Crippen LogP contribution in [0.25, 0.3) is 0 Å². The molecule has 3 unspecified atom stereocenters. The van der Waals surface area contributed by atoms with Crippen LogP contribution in [0.1, 0.15) is 24.8 Å². The van der Waals surface area contributed by atoms with E-state index in [0.29, 0.717) is 32.6 Å². The standard InChI is InChI=1S/C25H35IN2O8/c1-4-5-6-22(31)28(8-10-34-2)19-13-17(25(33)27-7-9-29)14-20(23(19)32)36-24-18(26)11-16(15-30)12-21(24)35-3/h4,11-12,14,19-20,23,29-30,32H,1,5-10,13,15H2,2-3H3,(H,27,33). The average molecular weight is 618 g/mol. The van der Waals surface area contributed by atoms with Gasteiger partial charge in [-0.3, -0.25) is 9.59 Å². The van der Waals surface area contributed by atoms with Crippen LogP contribution in [0, 0.1) is 3.57 Å². The van der Waals surface area contributed by atoms with Crippen molar-refractivity contribution in [3.05, 3.63) is 45.6 Å². The number of carbonyl (C=O) groups excluding carboxylic acids is 2. The Balaban J connectivity index is 2.47. The summed E-state index contributed by atoms with van der Waals surface area (Å²) in [5.74, 6) is 0.0781. The zero-order valence-electron chi connectivity index (χ0n) is 20.6. The highest BCUT2D eigenvalue weighted by molar-refractivity contribution is 14.1. The lowest BCUT2D eigenvalue weighted by atomic mass is 9.88. The molecule has 1 aliphatic carbocycles. The van der Waals surface area contributed by atoms with Crippen molar-refractivity contribution in [2.75, 3.05) is 40.5 Å². The molecule has 1 aromatic rings. The van der Waals surface area contributed by atoms with Crippen molar-refractivity contribution in [1.29, 1.82) is 0 Å². The molecule has 0 spiro atoms. The Kier molecular flexibility index (Phi) is 12.6. The quantitative estimate of drug-likeness (QED) is 0.180. The largest absolute Gasteiger partial charge is 0.493 e. The average Bonchev–Trinajstić information content (AvgIpc) is 2.88. The molecule has 3 atom stereocenters. The summed E-state index contributed by atoms with van der Waals surface area (Å²) in [6, 6.07) is 2.60. The summed E-state index contributed by atoms with van der Waals surface area (Å²) in [6.07, 6.45) is 1.79. The van der Waals surface area contributed by atoms with Crippen molar-refractivity contribution in [2.24, 2.45) is 0 Å². The second-order valence-electron chi connectivity index (χ2n) is 8.19. The van der Waals surface area contributed by atoms with Gasteiger partial charge in [-0.2, -0.15) is 0 Å². The number of nitrogens with one attached hydrogen (secondary N) is 1. The Bertz CT molecular complexity index is 939. The summed E-state index contributed by atoms with van der Waals surface area (Å²) < 4.78 is 17.5. The van der Waals surface area contributed by atoms with E-state index in [4.69, 9.17) is 19.3 Å². The number of methoxy groups -OCH3 is 2. The number of aliphatic hydroxyl groups is 3. The first-order valence-corrected chi connectivity index (χ1v) is 12.7. The zero-order valence-corrected chi connectivity index (χ0v) is 22.8. The first-order valence-electron chi connectivity index (χ1n) is 11.6. The van der Waals surface area contributed by atoms with Crippen LogP contribution in [0.4, 0.5) is 0 Å². The molecule has 0 fully saturated rings. The maximum absolute atomic E-state index is 13.1. The summed E-state index contributed by atoms with van der Waals surface area (Å²) in [6.45, 7) is 3.79. The summed E-state index contributed by atoms with van der Waals surface area (Å²) in [4.78, 5) is 27.4. The van der Waals surface area contributed by atoms with E-state index in [2.05, 4.69) is 11.9 Å². The molecule has 11 heteroatoms. The molecule has 0 saturated carbocycles. The molecule has 2 rings (SSSR count). The summed E-state index contributed by atoms with van der Waals surface area (Å²) >= 11 is 2.05. The third-order valence-corrected chi connectivity index (χ3v) is 6.56. The maximum atomic E-state index is 13.1. The number of benzene rings is 1. The smallest absolute Gasteiger partial charge is 0.247 e. The van der Waals surface area contributed by atoms with Crippen LogP contribution in [0.15, 0.2) is 36.4 Å². The zero-order chi connectivity index (χ0) is 26.7. The lowest BCUT2D eigenvalue weighted by Crippen LogP contribution is -2.55. The molecule has 1 aromatic carbocycles. The Morgan fingerprint density at radius 1 is 1.31 bits per heavy atom. The fourth-order valence-electron chi connectivity index (χ4n) is 3.93. The molecule has 200 valence electrons. The van der Waals surface area contributed by atoms with Gasteiger partial charge in [-0.05, 0) is 52.8 Å². The number of carbonyl (C=O) groups is 2. The van der Waals surface area contributed by atoms with Gasteiger partial charge in [0.25, 0.3) is 0 Å². The predicted molar refractivity (Wildman–Crippen MR) is 142 cm³/mol. The molecule has 0 heterocycles. The number of allylic oxidation sites excluding steroid dienone is 1. The van der Waals surface area contributed by atoms with Crippen LogP contribution in [-0.2, 0) is 20.9 Å². The second-order valence-corrected chi connectivity index (χ2v) is 9.35. The molecular weight excluding hydrogens is 583 g/mol. The van der Waals surface area contributed by atoms with Gasteiger partial charge in [0.05, 0.1) is 36.5 Å². The van der Waals surface area contributed by atoms with Crippen LogP contribution in [0.2, 0.25) is 0 Å². The fourth-order valence-corrected chi connectivity index (χ4v) is 4.72. The van der Waals surface area contributed by atoms with E-state index in [9.17, 15) is 19.8 Å². The van der Waals surface area contributed by atoms with Crippen LogP contribution >= 0.6 is 22.6 Å². The van der Waals surface area contributed by atoms with Crippen molar-refractivity contribution in [3.63, 3.8) is 0 Å². The molecule has 4 N–H and O–H groups in total. The SMILES string of the molecule is C=CCCC(=O)N(CCOC)C1CC(C(=O)NCCO)=CC(Oc2c(I)cc(CO)cc2OC)C1O. The normalized spacial score (nSPS) is 19.3. The topological polar surface area (TPSA) is 138 Å². The maximum Gasteiger partial charge on any atom is 0.247 e. The molecule has 10 nitrogen and oxygen atoms in total. The molecule has 2 amide bonds. The summed E-state index contributed by atoms with van der Waals surface area (Å²) in [5.41, 5.74) is 0.951. The highest BCUT2D eigenvalue weighted by Gasteiger charge is 2.40. The number of halogens is 1. The summed E-state index contributed by atoms with van der Waals surface area (Å²) in [7, 11) is 2.99. The van der Waals surface area contributed by atoms with Crippen molar-refractivity contribution in [3.8, 4) is 11.5 Å². The van der Waals surface area contributed by atoms with Gasteiger partial charge in [-0.15, -0.1) is 6.58 Å². The van der Waals surface area contributed by atoms with Crippen LogP contribution in [0.3, 0.4) is 0 Å². The van der Waals surface area contributed by atoms with Gasteiger partial charge in [0.2, 0.25) is 11.8 Å². The number of aliphatic hydroxyl groups excluding tert-OH is 3. The minimum atomic E-state index is -1.16. The highest BCUT2D eigenvalue weighted by atomic mass is 127. The van der Waals surface area contributed by atoms with E-state index in [1.54, 1.807) is 18.2 Å². The Hall–Kier alpha value is -2.19. The van der Waals surface area contributed by atoms with Crippen molar-refractivity contribution in [2.45, 2.75) is 44.1 Å². The molecule has 0 aromatic heterocycles. The van der Waals surface area contributed by atoms with E-state index >= 15 is 0 Å². The van der Waals surface area contributed by atoms with Gasteiger partial charge >= 0.3 is 0 Å². The van der Waals surface area contributed by atoms with E-state index in [-0.39, 0.29) is 51.7 Å². The van der Waals surface area contributed by atoms with E-state index < -0.39 is 24.2 Å². The number of hydrogen-bond donors (Lipinski definition) is 4. The molecule has 0 bridgehead atoms. The first-order chi connectivity index (χ1) is 17.3. The monoisotopic (exact) mass is 618 g/mol. The number of rotatable bonds is 14.